The fourth-order valence-electron chi connectivity index (χ4n) is 4.79. The number of amides is 1. The van der Waals surface area contributed by atoms with Crippen molar-refractivity contribution in [3.63, 3.8) is 0 Å². The van der Waals surface area contributed by atoms with Crippen LogP contribution in [0.1, 0.15) is 61.1 Å². The number of hydrogen-bond acceptors (Lipinski definition) is 4. The Morgan fingerprint density at radius 2 is 1.97 bits per heavy atom. The van der Waals surface area contributed by atoms with Gasteiger partial charge in [0.1, 0.15) is 11.6 Å². The van der Waals surface area contributed by atoms with E-state index in [0.717, 1.165) is 64.2 Å². The van der Waals surface area contributed by atoms with Gasteiger partial charge >= 0.3 is 0 Å². The summed E-state index contributed by atoms with van der Waals surface area (Å²) in [6, 6.07) is 8.32. The number of hydrogen-bond donors (Lipinski definition) is 0. The summed E-state index contributed by atoms with van der Waals surface area (Å²) in [5.41, 5.74) is 2.37. The van der Waals surface area contributed by atoms with Gasteiger partial charge in [-0.3, -0.25) is 4.79 Å². The first-order valence-electron chi connectivity index (χ1n) is 11.2. The van der Waals surface area contributed by atoms with Crippen LogP contribution in [0.25, 0.3) is 0 Å². The van der Waals surface area contributed by atoms with Crippen molar-refractivity contribution in [3.8, 4) is 5.75 Å². The predicted octanol–water partition coefficient (Wildman–Crippen LogP) is 3.89. The maximum Gasteiger partial charge on any atom is 0.222 e. The van der Waals surface area contributed by atoms with E-state index < -0.39 is 0 Å². The lowest BCUT2D eigenvalue weighted by Gasteiger charge is -2.36. The second-order valence-corrected chi connectivity index (χ2v) is 8.50. The summed E-state index contributed by atoms with van der Waals surface area (Å²) in [6.07, 6.45) is 7.53. The second-order valence-electron chi connectivity index (χ2n) is 8.50. The smallest absolute Gasteiger partial charge is 0.222 e. The Hall–Kier alpha value is -2.34. The van der Waals surface area contributed by atoms with Crippen molar-refractivity contribution in [2.75, 3.05) is 33.4 Å². The molecule has 0 bridgehead atoms. The van der Waals surface area contributed by atoms with Crippen LogP contribution in [-0.2, 0) is 16.0 Å². The fourth-order valence-corrected chi connectivity index (χ4v) is 4.79. The normalized spacial score (nSPS) is 20.3. The summed E-state index contributed by atoms with van der Waals surface area (Å²) in [5.74, 6) is 2.75. The zero-order chi connectivity index (χ0) is 20.9. The molecule has 3 heterocycles. The van der Waals surface area contributed by atoms with Gasteiger partial charge < -0.3 is 18.9 Å². The molecule has 30 heavy (non-hydrogen) atoms. The number of ether oxygens (including phenoxy) is 2. The van der Waals surface area contributed by atoms with Crippen molar-refractivity contribution in [2.45, 2.75) is 57.4 Å². The summed E-state index contributed by atoms with van der Waals surface area (Å²) in [7, 11) is 1.67. The van der Waals surface area contributed by atoms with E-state index in [9.17, 15) is 4.79 Å². The predicted molar refractivity (Wildman–Crippen MR) is 116 cm³/mol. The van der Waals surface area contributed by atoms with E-state index in [0.29, 0.717) is 18.4 Å². The number of aryl methyl sites for hydroxylation is 2. The Balaban J connectivity index is 1.39. The van der Waals surface area contributed by atoms with Gasteiger partial charge in [-0.15, -0.1) is 0 Å². The van der Waals surface area contributed by atoms with E-state index in [1.165, 1.54) is 17.1 Å². The Bertz CT molecular complexity index is 840. The summed E-state index contributed by atoms with van der Waals surface area (Å²) >= 11 is 0. The van der Waals surface area contributed by atoms with Gasteiger partial charge in [-0.1, -0.05) is 12.1 Å². The highest BCUT2D eigenvalue weighted by molar-refractivity contribution is 5.76. The van der Waals surface area contributed by atoms with E-state index in [-0.39, 0.29) is 5.91 Å². The van der Waals surface area contributed by atoms with Crippen LogP contribution in [0, 0.1) is 6.92 Å². The molecule has 0 N–H and O–H groups in total. The average molecular weight is 412 g/mol. The Morgan fingerprint density at radius 1 is 1.20 bits per heavy atom. The zero-order valence-electron chi connectivity index (χ0n) is 18.2. The van der Waals surface area contributed by atoms with Gasteiger partial charge in [-0.05, 0) is 56.7 Å². The van der Waals surface area contributed by atoms with E-state index in [4.69, 9.17) is 14.5 Å². The number of benzene rings is 1. The molecule has 1 amide bonds. The Labute approximate surface area is 179 Å². The first-order valence-corrected chi connectivity index (χ1v) is 11.2. The molecule has 1 atom stereocenters. The van der Waals surface area contributed by atoms with Crippen LogP contribution in [0.5, 0.6) is 5.75 Å². The highest BCUT2D eigenvalue weighted by Crippen LogP contribution is 2.32. The molecule has 0 aliphatic carbocycles. The lowest BCUT2D eigenvalue weighted by molar-refractivity contribution is -0.132. The van der Waals surface area contributed by atoms with Gasteiger partial charge in [-0.2, -0.15) is 0 Å². The SMILES string of the molecule is COc1ccc(CCC(=O)N2CCCC(n3c(C)cnc3C3CCOCC3)C2)cc1. The number of carbonyl (C=O) groups excluding carboxylic acids is 1. The molecule has 4 rings (SSSR count). The number of imidazole rings is 1. The van der Waals surface area contributed by atoms with Gasteiger partial charge in [0.05, 0.1) is 13.2 Å². The van der Waals surface area contributed by atoms with Gasteiger partial charge in [0.25, 0.3) is 0 Å². The largest absolute Gasteiger partial charge is 0.497 e. The molecule has 1 unspecified atom stereocenters. The van der Waals surface area contributed by atoms with Gasteiger partial charge in [0.15, 0.2) is 0 Å². The molecular formula is C24H33N3O3. The van der Waals surface area contributed by atoms with Gasteiger partial charge in [-0.25, -0.2) is 4.98 Å². The molecule has 1 aromatic heterocycles. The standard InChI is InChI=1S/C24H33N3O3/c1-18-16-25-24(20-11-14-30-15-12-20)27(18)21-4-3-13-26(17-21)23(28)10-7-19-5-8-22(29-2)9-6-19/h5-6,8-9,16,20-21H,3-4,7,10-15,17H2,1-2H3. The van der Waals surface area contributed by atoms with E-state index in [2.05, 4.69) is 16.4 Å². The van der Waals surface area contributed by atoms with E-state index in [1.54, 1.807) is 7.11 Å². The zero-order valence-corrected chi connectivity index (χ0v) is 18.2. The third kappa shape index (κ3) is 4.69. The molecule has 2 fully saturated rings. The van der Waals surface area contributed by atoms with E-state index >= 15 is 0 Å². The maximum absolute atomic E-state index is 12.9. The van der Waals surface area contributed by atoms with Crippen molar-refractivity contribution in [1.29, 1.82) is 0 Å². The van der Waals surface area contributed by atoms with E-state index in [1.807, 2.05) is 30.5 Å². The monoisotopic (exact) mass is 411 g/mol. The van der Waals surface area contributed by atoms with Crippen molar-refractivity contribution >= 4 is 5.91 Å². The number of nitrogens with zero attached hydrogens (tertiary/aromatic N) is 3. The maximum atomic E-state index is 12.9. The van der Waals surface area contributed by atoms with Crippen molar-refractivity contribution < 1.29 is 14.3 Å². The first kappa shape index (κ1) is 20.9. The van der Waals surface area contributed by atoms with Crippen LogP contribution < -0.4 is 4.74 Å². The van der Waals surface area contributed by atoms with Crippen molar-refractivity contribution in [3.05, 3.63) is 47.5 Å². The van der Waals surface area contributed by atoms with Crippen LogP contribution in [0.2, 0.25) is 0 Å². The molecule has 2 aliphatic rings. The molecular weight excluding hydrogens is 378 g/mol. The molecule has 0 radical (unpaired) electrons. The number of rotatable bonds is 6. The van der Waals surface area contributed by atoms with Crippen LogP contribution >= 0.6 is 0 Å². The minimum atomic E-state index is 0.251. The topological polar surface area (TPSA) is 56.6 Å². The summed E-state index contributed by atoms with van der Waals surface area (Å²) < 4.78 is 13.2. The number of methoxy groups -OCH3 is 1. The molecule has 2 aromatic rings. The molecule has 162 valence electrons. The molecule has 0 saturated carbocycles. The highest BCUT2D eigenvalue weighted by Gasteiger charge is 2.29. The molecule has 6 heteroatoms. The summed E-state index contributed by atoms with van der Waals surface area (Å²) in [5, 5.41) is 0. The third-order valence-electron chi connectivity index (χ3n) is 6.50. The quantitative estimate of drug-likeness (QED) is 0.724. The highest BCUT2D eigenvalue weighted by atomic mass is 16.5. The second kappa shape index (κ2) is 9.65. The van der Waals surface area contributed by atoms with Crippen LogP contribution in [0.15, 0.2) is 30.5 Å². The van der Waals surface area contributed by atoms with Crippen molar-refractivity contribution in [2.24, 2.45) is 0 Å². The Morgan fingerprint density at radius 3 is 2.70 bits per heavy atom. The minimum absolute atomic E-state index is 0.251. The molecule has 2 aliphatic heterocycles. The minimum Gasteiger partial charge on any atom is -0.497 e. The number of piperidine rings is 1. The van der Waals surface area contributed by atoms with Crippen LogP contribution in [0.3, 0.4) is 0 Å². The molecule has 1 aromatic carbocycles. The molecule has 2 saturated heterocycles. The van der Waals surface area contributed by atoms with Crippen LogP contribution in [-0.4, -0.2) is 53.8 Å². The third-order valence-corrected chi connectivity index (χ3v) is 6.50. The lowest BCUT2D eigenvalue weighted by Crippen LogP contribution is -2.41. The number of aromatic nitrogens is 2. The summed E-state index contributed by atoms with van der Waals surface area (Å²) in [6.45, 7) is 5.42. The Kier molecular flexibility index (Phi) is 6.72. The molecule has 6 nitrogen and oxygen atoms in total. The lowest BCUT2D eigenvalue weighted by atomic mass is 9.97. The van der Waals surface area contributed by atoms with Crippen molar-refractivity contribution in [1.82, 2.24) is 14.5 Å². The average Bonchev–Trinajstić information content (AvgIpc) is 3.20. The van der Waals surface area contributed by atoms with Gasteiger partial charge in [0.2, 0.25) is 5.91 Å². The van der Waals surface area contributed by atoms with Crippen LogP contribution in [0.4, 0.5) is 0 Å². The number of carbonyl (C=O) groups is 1. The molecule has 0 spiro atoms. The fraction of sp³-hybridized carbons (Fsp3) is 0.583. The van der Waals surface area contributed by atoms with Gasteiger partial charge in [0, 0.05) is 50.5 Å². The first-order chi connectivity index (χ1) is 14.7. The number of likely N-dealkylation sites (tertiary alicyclic amines) is 1. The summed E-state index contributed by atoms with van der Waals surface area (Å²) in [4.78, 5) is 19.8.